The smallest absolute Gasteiger partial charge is 0.254 e. The Hall–Kier alpha value is -2.69. The number of anilines is 1. The maximum Gasteiger partial charge on any atom is 0.459 e. The number of rotatable bonds is 5. The average molecular weight is 563 g/mol. The highest BCUT2D eigenvalue weighted by molar-refractivity contribution is 7.90. The van der Waals surface area contributed by atoms with Crippen LogP contribution in [0, 0.1) is 0 Å². The summed E-state index contributed by atoms with van der Waals surface area (Å²) in [5.74, 6) is -5.15. The van der Waals surface area contributed by atoms with Crippen LogP contribution in [0.25, 0.3) is 11.1 Å². The van der Waals surface area contributed by atoms with Crippen molar-refractivity contribution in [1.82, 2.24) is 0 Å². The number of alkyl halides is 5. The molecule has 1 aliphatic rings. The van der Waals surface area contributed by atoms with Gasteiger partial charge in [0.15, 0.2) is 9.84 Å². The first-order valence-electron chi connectivity index (χ1n) is 10.4. The van der Waals surface area contributed by atoms with E-state index in [0.717, 1.165) is 11.3 Å². The van der Waals surface area contributed by atoms with Gasteiger partial charge in [-0.15, -0.1) is 0 Å². The third-order valence-electron chi connectivity index (χ3n) is 5.69. The molecular weight excluding hydrogens is 546 g/mol. The van der Waals surface area contributed by atoms with Crippen molar-refractivity contribution in [1.29, 1.82) is 0 Å². The van der Waals surface area contributed by atoms with E-state index >= 15 is 0 Å². The Balaban J connectivity index is 1.75. The van der Waals surface area contributed by atoms with Gasteiger partial charge in [-0.1, -0.05) is 65.7 Å². The predicted octanol–water partition coefficient (Wildman–Crippen LogP) is 7.57. The summed E-state index contributed by atoms with van der Waals surface area (Å²) in [4.78, 5) is 0.117. The van der Waals surface area contributed by atoms with Gasteiger partial charge < -0.3 is 0 Å². The lowest BCUT2D eigenvalue weighted by atomic mass is 9.96. The van der Waals surface area contributed by atoms with Gasteiger partial charge in [0.2, 0.25) is 0 Å². The Labute approximate surface area is 213 Å². The summed E-state index contributed by atoms with van der Waals surface area (Å²) in [7, 11) is -3.44. The molecule has 0 radical (unpaired) electrons. The summed E-state index contributed by atoms with van der Waals surface area (Å²) in [5.41, 5.74) is 0.226. The van der Waals surface area contributed by atoms with Crippen molar-refractivity contribution in [2.75, 3.05) is 11.3 Å². The molecule has 4 nitrogen and oxygen atoms in total. The highest BCUT2D eigenvalue weighted by Gasteiger charge is 2.63. The molecule has 190 valence electrons. The fourth-order valence-electron chi connectivity index (χ4n) is 3.84. The largest absolute Gasteiger partial charge is 0.459 e. The van der Waals surface area contributed by atoms with Crippen LogP contribution in [0.1, 0.15) is 18.0 Å². The second kappa shape index (κ2) is 9.32. The minimum Gasteiger partial charge on any atom is -0.254 e. The first kappa shape index (κ1) is 26.4. The van der Waals surface area contributed by atoms with Crippen molar-refractivity contribution in [3.63, 3.8) is 0 Å². The van der Waals surface area contributed by atoms with Gasteiger partial charge in [0, 0.05) is 12.7 Å². The van der Waals surface area contributed by atoms with Gasteiger partial charge in [-0.2, -0.15) is 27.1 Å². The molecule has 3 aromatic rings. The highest BCUT2D eigenvalue weighted by Crippen LogP contribution is 2.47. The van der Waals surface area contributed by atoms with E-state index in [0.29, 0.717) is 16.7 Å². The summed E-state index contributed by atoms with van der Waals surface area (Å²) in [6, 6.07) is 15.8. The number of nitrogens with zero attached hydrogens (tertiary/aromatic N) is 2. The van der Waals surface area contributed by atoms with Crippen LogP contribution in [0.3, 0.4) is 0 Å². The van der Waals surface area contributed by atoms with Crippen LogP contribution in [-0.4, -0.2) is 32.5 Å². The van der Waals surface area contributed by atoms with E-state index in [1.807, 2.05) is 0 Å². The summed E-state index contributed by atoms with van der Waals surface area (Å²) < 4.78 is 91.6. The zero-order valence-corrected chi connectivity index (χ0v) is 20.7. The quantitative estimate of drug-likeness (QED) is 0.301. The van der Waals surface area contributed by atoms with Gasteiger partial charge in [-0.25, -0.2) is 8.42 Å². The van der Waals surface area contributed by atoms with E-state index < -0.39 is 40.1 Å². The molecule has 3 aromatic carbocycles. The Morgan fingerprint density at radius 1 is 0.889 bits per heavy atom. The molecular formula is C24H17Cl2F5N2O2S. The van der Waals surface area contributed by atoms with E-state index in [2.05, 4.69) is 5.10 Å². The second-order valence-electron chi connectivity index (χ2n) is 8.18. The lowest BCUT2D eigenvalue weighted by Crippen LogP contribution is -2.43. The molecule has 0 saturated heterocycles. The molecule has 36 heavy (non-hydrogen) atoms. The van der Waals surface area contributed by atoms with E-state index in [-0.39, 0.29) is 20.6 Å². The van der Waals surface area contributed by atoms with Crippen LogP contribution in [0.4, 0.5) is 27.6 Å². The van der Waals surface area contributed by atoms with Crippen molar-refractivity contribution in [3.8, 4) is 11.1 Å². The molecule has 0 amide bonds. The minimum absolute atomic E-state index is 0.00346. The van der Waals surface area contributed by atoms with Crippen LogP contribution in [-0.2, 0) is 9.84 Å². The van der Waals surface area contributed by atoms with Gasteiger partial charge in [-0.3, -0.25) is 5.01 Å². The number of para-hydroxylation sites is 1. The third-order valence-corrected chi connectivity index (χ3v) is 7.41. The number of hydrogen-bond donors (Lipinski definition) is 0. The van der Waals surface area contributed by atoms with Crippen molar-refractivity contribution < 1.29 is 30.4 Å². The molecule has 1 aliphatic heterocycles. The summed E-state index contributed by atoms with van der Waals surface area (Å²) in [6.07, 6.45) is -5.47. The van der Waals surface area contributed by atoms with Gasteiger partial charge >= 0.3 is 12.1 Å². The standard InChI is InChI=1S/C24H17Cl2F5N2O2S/c1-36(34,35)17-5-2-4-16(12-17)14-8-10-15(11-9-14)20-13-21(23(27,28)24(29,30)31)32-33(20)22-18(25)6-3-7-19(22)26/h2-12,20H,13H2,1H3. The number of benzene rings is 3. The Morgan fingerprint density at radius 2 is 1.47 bits per heavy atom. The van der Waals surface area contributed by atoms with Gasteiger partial charge in [-0.05, 0) is 41.0 Å². The van der Waals surface area contributed by atoms with Gasteiger partial charge in [0.25, 0.3) is 0 Å². The van der Waals surface area contributed by atoms with Crippen LogP contribution >= 0.6 is 23.2 Å². The molecule has 1 atom stereocenters. The number of hydrogen-bond acceptors (Lipinski definition) is 4. The Morgan fingerprint density at radius 3 is 2.03 bits per heavy atom. The number of halogens is 7. The molecule has 0 bridgehead atoms. The predicted molar refractivity (Wildman–Crippen MR) is 130 cm³/mol. The lowest BCUT2D eigenvalue weighted by Gasteiger charge is -2.26. The van der Waals surface area contributed by atoms with Crippen molar-refractivity contribution in [2.45, 2.75) is 29.5 Å². The lowest BCUT2D eigenvalue weighted by molar-refractivity contribution is -0.249. The monoisotopic (exact) mass is 562 g/mol. The van der Waals surface area contributed by atoms with Crippen molar-refractivity contribution in [2.24, 2.45) is 5.10 Å². The highest BCUT2D eigenvalue weighted by atomic mass is 35.5. The third kappa shape index (κ3) is 4.94. The van der Waals surface area contributed by atoms with Gasteiger partial charge in [0.1, 0.15) is 5.71 Å². The zero-order valence-electron chi connectivity index (χ0n) is 18.4. The average Bonchev–Trinajstić information content (AvgIpc) is 3.23. The molecule has 0 aliphatic carbocycles. The zero-order chi connectivity index (χ0) is 26.5. The summed E-state index contributed by atoms with van der Waals surface area (Å²) in [6.45, 7) is 0. The van der Waals surface area contributed by atoms with Crippen molar-refractivity contribution >= 4 is 44.4 Å². The molecule has 1 heterocycles. The molecule has 0 aromatic heterocycles. The van der Waals surface area contributed by atoms with Crippen LogP contribution in [0.15, 0.2) is 76.7 Å². The van der Waals surface area contributed by atoms with E-state index in [1.54, 1.807) is 36.4 Å². The molecule has 0 N–H and O–H groups in total. The fourth-order valence-corrected chi connectivity index (χ4v) is 5.08. The molecule has 0 saturated carbocycles. The Kier molecular flexibility index (Phi) is 6.83. The molecule has 4 rings (SSSR count). The molecule has 0 fully saturated rings. The normalized spacial score (nSPS) is 16.8. The van der Waals surface area contributed by atoms with Crippen LogP contribution in [0.5, 0.6) is 0 Å². The number of hydrazone groups is 1. The maximum atomic E-state index is 14.2. The fraction of sp³-hybridized carbons (Fsp3) is 0.208. The van der Waals surface area contributed by atoms with Crippen LogP contribution in [0.2, 0.25) is 10.0 Å². The maximum absolute atomic E-state index is 14.2. The topological polar surface area (TPSA) is 49.7 Å². The first-order chi connectivity index (χ1) is 16.7. The molecule has 1 unspecified atom stereocenters. The van der Waals surface area contributed by atoms with E-state index in [9.17, 15) is 30.4 Å². The van der Waals surface area contributed by atoms with Crippen LogP contribution < -0.4 is 5.01 Å². The van der Waals surface area contributed by atoms with E-state index in [4.69, 9.17) is 23.2 Å². The minimum atomic E-state index is -5.83. The number of sulfone groups is 1. The summed E-state index contributed by atoms with van der Waals surface area (Å²) >= 11 is 12.4. The SMILES string of the molecule is CS(=O)(=O)c1cccc(-c2ccc(C3CC(C(F)(F)C(F)(F)F)=NN3c3c(Cl)cccc3Cl)cc2)c1. The summed E-state index contributed by atoms with van der Waals surface area (Å²) in [5, 5.41) is 4.68. The Bertz CT molecular complexity index is 1420. The second-order valence-corrected chi connectivity index (χ2v) is 11.0. The van der Waals surface area contributed by atoms with E-state index in [1.165, 1.54) is 30.3 Å². The first-order valence-corrected chi connectivity index (χ1v) is 13.0. The molecule has 0 spiro atoms. The molecule has 12 heteroatoms. The van der Waals surface area contributed by atoms with Crippen molar-refractivity contribution in [3.05, 3.63) is 82.3 Å². The van der Waals surface area contributed by atoms with Gasteiger partial charge in [0.05, 0.1) is 26.7 Å².